The molecule has 0 aliphatic heterocycles. The van der Waals surface area contributed by atoms with Gasteiger partial charge in [-0.3, -0.25) is 0 Å². The van der Waals surface area contributed by atoms with E-state index in [1.54, 1.807) is 12.1 Å². The van der Waals surface area contributed by atoms with Gasteiger partial charge in [-0.2, -0.15) is 13.5 Å². The molecule has 4 nitrogen and oxygen atoms in total. The Hall–Kier alpha value is -1.80. The summed E-state index contributed by atoms with van der Waals surface area (Å²) >= 11 is 3.18. The quantitative estimate of drug-likeness (QED) is 0.660. The first kappa shape index (κ1) is 15.6. The van der Waals surface area contributed by atoms with Crippen LogP contribution in [0.25, 0.3) is 0 Å². The summed E-state index contributed by atoms with van der Waals surface area (Å²) in [5.41, 5.74) is -0.420. The first-order valence-corrected chi connectivity index (χ1v) is 7.92. The summed E-state index contributed by atoms with van der Waals surface area (Å²) in [4.78, 5) is 1.87. The van der Waals surface area contributed by atoms with Crippen molar-refractivity contribution in [1.82, 2.24) is 4.83 Å². The molecule has 21 heavy (non-hydrogen) atoms. The Labute approximate surface area is 128 Å². The first-order valence-electron chi connectivity index (χ1n) is 5.64. The number of hydrogen-bond acceptors (Lipinski definition) is 3. The topological polar surface area (TPSA) is 58.5 Å². The zero-order valence-corrected chi connectivity index (χ0v) is 12.8. The number of sulfonamides is 1. The van der Waals surface area contributed by atoms with Crippen molar-refractivity contribution in [3.05, 3.63) is 64.1 Å². The van der Waals surface area contributed by atoms with Gasteiger partial charge in [0, 0.05) is 4.47 Å². The van der Waals surface area contributed by atoms with Crippen molar-refractivity contribution in [2.24, 2.45) is 5.10 Å². The van der Waals surface area contributed by atoms with E-state index in [1.807, 2.05) is 4.83 Å². The highest BCUT2D eigenvalue weighted by atomic mass is 79.9. The summed E-state index contributed by atoms with van der Waals surface area (Å²) in [6, 6.07) is 9.14. The molecule has 0 spiro atoms. The van der Waals surface area contributed by atoms with Gasteiger partial charge in [0.1, 0.15) is 11.6 Å². The lowest BCUT2D eigenvalue weighted by molar-refractivity contribution is 0.577. The molecular formula is C13H9BrF2N2O2S. The summed E-state index contributed by atoms with van der Waals surface area (Å²) in [6.07, 6.45) is 0.779. The molecule has 0 fully saturated rings. The van der Waals surface area contributed by atoms with E-state index in [1.165, 1.54) is 18.2 Å². The largest absolute Gasteiger partial charge is 0.276 e. The monoisotopic (exact) mass is 374 g/mol. The third kappa shape index (κ3) is 3.85. The highest BCUT2D eigenvalue weighted by Crippen LogP contribution is 2.14. The van der Waals surface area contributed by atoms with Crippen LogP contribution in [0.5, 0.6) is 0 Å². The lowest BCUT2D eigenvalue weighted by Gasteiger charge is -2.03. The lowest BCUT2D eigenvalue weighted by atomic mass is 10.2. The van der Waals surface area contributed by atoms with Crippen LogP contribution in [0.4, 0.5) is 8.78 Å². The molecule has 0 bridgehead atoms. The van der Waals surface area contributed by atoms with E-state index in [0.717, 1.165) is 22.8 Å². The highest BCUT2D eigenvalue weighted by molar-refractivity contribution is 9.10. The second-order valence-electron chi connectivity index (χ2n) is 3.94. The van der Waals surface area contributed by atoms with E-state index in [-0.39, 0.29) is 4.90 Å². The number of halogens is 3. The molecule has 2 rings (SSSR count). The number of benzene rings is 2. The molecule has 110 valence electrons. The SMILES string of the molecule is O=S(=O)(NN=Cc1c(F)cccc1F)c1ccc(Br)cc1. The molecule has 2 aromatic rings. The zero-order chi connectivity index (χ0) is 15.5. The van der Waals surface area contributed by atoms with Crippen LogP contribution in [0, 0.1) is 11.6 Å². The molecule has 0 saturated carbocycles. The Bertz CT molecular complexity index is 757. The molecule has 2 aromatic carbocycles. The normalized spacial score (nSPS) is 11.8. The number of rotatable bonds is 4. The predicted octanol–water partition coefficient (Wildman–Crippen LogP) is 3.04. The number of nitrogens with one attached hydrogen (secondary N) is 1. The van der Waals surface area contributed by atoms with Crippen molar-refractivity contribution in [2.75, 3.05) is 0 Å². The minimum atomic E-state index is -3.89. The van der Waals surface area contributed by atoms with Crippen LogP contribution in [0.3, 0.4) is 0 Å². The van der Waals surface area contributed by atoms with Crippen molar-refractivity contribution in [3.63, 3.8) is 0 Å². The second-order valence-corrected chi connectivity index (χ2v) is 6.52. The molecule has 0 heterocycles. The molecule has 0 aliphatic carbocycles. The van der Waals surface area contributed by atoms with Crippen LogP contribution in [0.2, 0.25) is 0 Å². The van der Waals surface area contributed by atoms with E-state index in [4.69, 9.17) is 0 Å². The van der Waals surface area contributed by atoms with Crippen molar-refractivity contribution < 1.29 is 17.2 Å². The van der Waals surface area contributed by atoms with E-state index >= 15 is 0 Å². The van der Waals surface area contributed by atoms with Gasteiger partial charge in [-0.15, -0.1) is 0 Å². The van der Waals surface area contributed by atoms with Gasteiger partial charge in [-0.1, -0.05) is 22.0 Å². The summed E-state index contributed by atoms with van der Waals surface area (Å²) in [6.45, 7) is 0. The smallest absolute Gasteiger partial charge is 0.206 e. The molecule has 0 radical (unpaired) electrons. The maximum atomic E-state index is 13.3. The van der Waals surface area contributed by atoms with E-state index in [0.29, 0.717) is 0 Å². The molecule has 0 aromatic heterocycles. The third-order valence-corrected chi connectivity index (χ3v) is 4.26. The Morgan fingerprint density at radius 3 is 2.19 bits per heavy atom. The zero-order valence-electron chi connectivity index (χ0n) is 10.4. The fourth-order valence-corrected chi connectivity index (χ4v) is 2.52. The van der Waals surface area contributed by atoms with Crippen molar-refractivity contribution in [3.8, 4) is 0 Å². The first-order chi connectivity index (χ1) is 9.90. The van der Waals surface area contributed by atoms with Gasteiger partial charge in [-0.25, -0.2) is 13.6 Å². The van der Waals surface area contributed by atoms with Gasteiger partial charge in [0.25, 0.3) is 10.0 Å². The molecule has 0 unspecified atom stereocenters. The minimum Gasteiger partial charge on any atom is -0.206 e. The van der Waals surface area contributed by atoms with E-state index < -0.39 is 27.2 Å². The van der Waals surface area contributed by atoms with Crippen LogP contribution in [0.15, 0.2) is 56.9 Å². The van der Waals surface area contributed by atoms with E-state index in [9.17, 15) is 17.2 Å². The Balaban J connectivity index is 2.19. The molecule has 0 aliphatic rings. The molecule has 8 heteroatoms. The fraction of sp³-hybridized carbons (Fsp3) is 0. The fourth-order valence-electron chi connectivity index (χ4n) is 1.46. The maximum Gasteiger partial charge on any atom is 0.276 e. The van der Waals surface area contributed by atoms with Crippen LogP contribution < -0.4 is 4.83 Å². The molecule has 0 amide bonds. The van der Waals surface area contributed by atoms with Crippen LogP contribution in [0.1, 0.15) is 5.56 Å². The summed E-state index contributed by atoms with van der Waals surface area (Å²) in [5, 5.41) is 3.38. The highest BCUT2D eigenvalue weighted by Gasteiger charge is 2.12. The van der Waals surface area contributed by atoms with Gasteiger partial charge < -0.3 is 0 Å². The van der Waals surface area contributed by atoms with Gasteiger partial charge in [0.05, 0.1) is 16.7 Å². The van der Waals surface area contributed by atoms with Gasteiger partial charge >= 0.3 is 0 Å². The van der Waals surface area contributed by atoms with Crippen LogP contribution in [-0.4, -0.2) is 14.6 Å². The second kappa shape index (κ2) is 6.31. The van der Waals surface area contributed by atoms with Crippen molar-refractivity contribution in [2.45, 2.75) is 4.90 Å². The van der Waals surface area contributed by atoms with E-state index in [2.05, 4.69) is 21.0 Å². The van der Waals surface area contributed by atoms with Gasteiger partial charge in [0.2, 0.25) is 0 Å². The Morgan fingerprint density at radius 1 is 1.05 bits per heavy atom. The van der Waals surface area contributed by atoms with Crippen LogP contribution in [-0.2, 0) is 10.0 Å². The van der Waals surface area contributed by atoms with Crippen molar-refractivity contribution >= 4 is 32.2 Å². The number of hydrogen-bond donors (Lipinski definition) is 1. The maximum absolute atomic E-state index is 13.3. The third-order valence-electron chi connectivity index (χ3n) is 2.49. The molecule has 1 N–H and O–H groups in total. The van der Waals surface area contributed by atoms with Gasteiger partial charge in [-0.05, 0) is 36.4 Å². The van der Waals surface area contributed by atoms with Crippen molar-refractivity contribution in [1.29, 1.82) is 0 Å². The standard InChI is InChI=1S/C13H9BrF2N2O2S/c14-9-4-6-10(7-5-9)21(19,20)18-17-8-11-12(15)2-1-3-13(11)16/h1-8,18H. The average molecular weight is 375 g/mol. The van der Waals surface area contributed by atoms with Gasteiger partial charge in [0.15, 0.2) is 0 Å². The molecule has 0 saturated heterocycles. The lowest BCUT2D eigenvalue weighted by Crippen LogP contribution is -2.18. The predicted molar refractivity (Wildman–Crippen MR) is 78.4 cm³/mol. The van der Waals surface area contributed by atoms with Crippen LogP contribution >= 0.6 is 15.9 Å². The average Bonchev–Trinajstić information content (AvgIpc) is 2.42. The number of hydrazone groups is 1. The molecule has 0 atom stereocenters. The molecular weight excluding hydrogens is 366 g/mol. The summed E-state index contributed by atoms with van der Waals surface area (Å²) in [5.74, 6) is -1.66. The summed E-state index contributed by atoms with van der Waals surface area (Å²) < 4.78 is 51.1. The Kier molecular flexibility index (Phi) is 4.69. The Morgan fingerprint density at radius 2 is 1.62 bits per heavy atom. The minimum absolute atomic E-state index is 0.0168. The number of nitrogens with zero attached hydrogens (tertiary/aromatic N) is 1. The summed E-state index contributed by atoms with van der Waals surface area (Å²) in [7, 11) is -3.89.